The molecule has 5 heterocycles. The van der Waals surface area contributed by atoms with E-state index in [1.165, 1.54) is 18.1 Å². The lowest BCUT2D eigenvalue weighted by atomic mass is 9.93. The third-order valence-electron chi connectivity index (χ3n) is 10.8. The van der Waals surface area contributed by atoms with Crippen LogP contribution in [-0.2, 0) is 38.8 Å². The normalized spacial score (nSPS) is 20.6. The van der Waals surface area contributed by atoms with Crippen molar-refractivity contribution in [1.29, 1.82) is 5.26 Å². The quantitative estimate of drug-likeness (QED) is 0.151. The van der Waals surface area contributed by atoms with E-state index in [-0.39, 0.29) is 49.2 Å². The van der Waals surface area contributed by atoms with Gasteiger partial charge in [0, 0.05) is 65.2 Å². The molecule has 291 valence electrons. The maximum atomic E-state index is 14.4. The number of piperidine rings is 1. The number of carbonyl (C=O) groups is 3. The Kier molecular flexibility index (Phi) is 12.1. The molecule has 4 aromatic rings. The number of imidazole rings is 1. The first-order chi connectivity index (χ1) is 27.1. The summed E-state index contributed by atoms with van der Waals surface area (Å²) < 4.78 is 32.9. The molecular weight excluding hydrogens is 738 g/mol. The van der Waals surface area contributed by atoms with Crippen LogP contribution in [0.1, 0.15) is 64.6 Å². The summed E-state index contributed by atoms with van der Waals surface area (Å²) in [5.74, 6) is -0.552. The van der Waals surface area contributed by atoms with Crippen LogP contribution in [0.5, 0.6) is 5.88 Å². The number of aliphatic hydroxyl groups is 1. The number of β-amino-alcohol motifs (C(OH)–C–C–N with tert-alkyl or cyclic N) is 1. The van der Waals surface area contributed by atoms with Crippen LogP contribution in [0.15, 0.2) is 54.6 Å². The molecular formula is C40H43FN7O7Si. The van der Waals surface area contributed by atoms with Crippen LogP contribution in [-0.4, -0.2) is 116 Å². The number of hydrogen-bond donors (Lipinski definition) is 2. The number of amides is 2. The van der Waals surface area contributed by atoms with Crippen LogP contribution in [0.25, 0.3) is 11.0 Å². The second kappa shape index (κ2) is 17.3. The number of ether oxygens (including phenoxy) is 3. The monoisotopic (exact) mass is 780 g/mol. The number of nitriles is 1. The lowest BCUT2D eigenvalue weighted by Gasteiger charge is -2.33. The van der Waals surface area contributed by atoms with Crippen molar-refractivity contribution in [3.8, 4) is 11.9 Å². The third kappa shape index (κ3) is 8.76. The lowest BCUT2D eigenvalue weighted by molar-refractivity contribution is -0.150. The number of likely N-dealkylation sites (tertiary alicyclic amines) is 2. The van der Waals surface area contributed by atoms with Gasteiger partial charge in [0.15, 0.2) is 0 Å². The number of carbonyl (C=O) groups excluding carboxylic acids is 3. The van der Waals surface area contributed by atoms with Crippen LogP contribution in [0.2, 0.25) is 5.54 Å². The first-order valence-electron chi connectivity index (χ1n) is 18.8. The van der Waals surface area contributed by atoms with Crippen LogP contribution in [0.4, 0.5) is 4.39 Å². The largest absolute Gasteiger partial charge is 0.473 e. The van der Waals surface area contributed by atoms with Crippen molar-refractivity contribution >= 4 is 39.1 Å². The summed E-state index contributed by atoms with van der Waals surface area (Å²) in [6, 6.07) is 16.3. The van der Waals surface area contributed by atoms with Crippen molar-refractivity contribution in [1.82, 2.24) is 29.7 Å². The van der Waals surface area contributed by atoms with Crippen LogP contribution < -0.4 is 10.1 Å². The van der Waals surface area contributed by atoms with Gasteiger partial charge < -0.3 is 34.1 Å². The van der Waals surface area contributed by atoms with E-state index in [1.54, 1.807) is 30.3 Å². The van der Waals surface area contributed by atoms with Crippen molar-refractivity contribution in [3.05, 3.63) is 88.6 Å². The summed E-state index contributed by atoms with van der Waals surface area (Å²) in [5, 5.41) is 21.7. The molecule has 16 heteroatoms. The van der Waals surface area contributed by atoms with Gasteiger partial charge in [-0.2, -0.15) is 5.26 Å². The Labute approximate surface area is 327 Å². The zero-order valence-corrected chi connectivity index (χ0v) is 32.0. The van der Waals surface area contributed by atoms with Gasteiger partial charge in [-0.15, -0.1) is 0 Å². The molecule has 3 fully saturated rings. The number of aromatic nitrogens is 3. The van der Waals surface area contributed by atoms with Gasteiger partial charge in [-0.25, -0.2) is 19.2 Å². The molecule has 3 radical (unpaired) electrons. The van der Waals surface area contributed by atoms with E-state index in [1.807, 2.05) is 24.3 Å². The fourth-order valence-corrected chi connectivity index (χ4v) is 8.00. The Morgan fingerprint density at radius 2 is 1.93 bits per heavy atom. The molecule has 0 aliphatic carbocycles. The first-order valence-corrected chi connectivity index (χ1v) is 19.3. The summed E-state index contributed by atoms with van der Waals surface area (Å²) in [6.45, 7) is 3.23. The van der Waals surface area contributed by atoms with Crippen LogP contribution in [0.3, 0.4) is 0 Å². The SMILES string of the molecule is COC(=O)[C@@H]1C[C@H](O)CN1C(=O)CNC(=O)c1ccc2c(c1)nc(CN1CCC(c3cccc(OCc4ccc(C#N)cc4F)n3)CC1)n2CC([Si])C1CCO1. The average Bonchev–Trinajstić information content (AvgIpc) is 3.74. The lowest BCUT2D eigenvalue weighted by Crippen LogP contribution is -2.46. The van der Waals surface area contributed by atoms with E-state index in [2.05, 4.69) is 25.0 Å². The first kappa shape index (κ1) is 39.0. The van der Waals surface area contributed by atoms with Crippen molar-refractivity contribution < 1.29 is 38.1 Å². The summed E-state index contributed by atoms with van der Waals surface area (Å²) in [7, 11) is 5.13. The third-order valence-corrected chi connectivity index (χ3v) is 11.4. The molecule has 0 bridgehead atoms. The topological polar surface area (TPSA) is 172 Å². The molecule has 3 saturated heterocycles. The van der Waals surface area contributed by atoms with Gasteiger partial charge in [-0.1, -0.05) is 12.1 Å². The minimum absolute atomic E-state index is 0.00463. The van der Waals surface area contributed by atoms with Gasteiger partial charge in [0.2, 0.25) is 11.8 Å². The molecule has 7 rings (SSSR count). The highest BCUT2D eigenvalue weighted by atomic mass is 28.1. The summed E-state index contributed by atoms with van der Waals surface area (Å²) >= 11 is 0. The van der Waals surface area contributed by atoms with Crippen molar-refractivity contribution in [3.63, 3.8) is 0 Å². The second-order valence-electron chi connectivity index (χ2n) is 14.5. The minimum Gasteiger partial charge on any atom is -0.473 e. The van der Waals surface area contributed by atoms with Crippen LogP contribution >= 0.6 is 0 Å². The number of fused-ring (bicyclic) bond motifs is 1. The minimum atomic E-state index is -0.894. The predicted octanol–water partition coefficient (Wildman–Crippen LogP) is 3.01. The molecule has 0 saturated carbocycles. The molecule has 0 spiro atoms. The zero-order valence-electron chi connectivity index (χ0n) is 31.0. The van der Waals surface area contributed by atoms with Gasteiger partial charge in [0.25, 0.3) is 5.91 Å². The number of nitrogens with zero attached hydrogens (tertiary/aromatic N) is 6. The van der Waals surface area contributed by atoms with Gasteiger partial charge in [0.05, 0.1) is 55.1 Å². The summed E-state index contributed by atoms with van der Waals surface area (Å²) in [5.41, 5.74) is 3.45. The number of methoxy groups -OCH3 is 1. The summed E-state index contributed by atoms with van der Waals surface area (Å²) in [6.07, 6.45) is 2.05. The average molecular weight is 781 g/mol. The maximum Gasteiger partial charge on any atom is 0.328 e. The number of hydrogen-bond acceptors (Lipinski definition) is 11. The van der Waals surface area contributed by atoms with E-state index in [4.69, 9.17) is 29.4 Å². The molecule has 2 aromatic carbocycles. The number of nitrogens with one attached hydrogen (secondary N) is 1. The number of aliphatic hydroxyl groups excluding tert-OH is 1. The molecule has 3 aliphatic rings. The van der Waals surface area contributed by atoms with E-state index in [0.29, 0.717) is 35.6 Å². The highest BCUT2D eigenvalue weighted by molar-refractivity contribution is 6.12. The fraction of sp³-hybridized carbons (Fsp3) is 0.450. The molecule has 2 unspecified atom stereocenters. The number of benzene rings is 2. The smallest absolute Gasteiger partial charge is 0.328 e. The molecule has 2 amide bonds. The van der Waals surface area contributed by atoms with E-state index in [9.17, 15) is 23.9 Å². The molecule has 2 aromatic heterocycles. The van der Waals surface area contributed by atoms with E-state index < -0.39 is 35.7 Å². The molecule has 4 atom stereocenters. The van der Waals surface area contributed by atoms with Crippen molar-refractivity contribution in [2.75, 3.05) is 39.9 Å². The van der Waals surface area contributed by atoms with Gasteiger partial charge in [0.1, 0.15) is 24.3 Å². The molecule has 2 N–H and O–H groups in total. The van der Waals surface area contributed by atoms with E-state index >= 15 is 0 Å². The summed E-state index contributed by atoms with van der Waals surface area (Å²) in [4.78, 5) is 51.7. The second-order valence-corrected chi connectivity index (χ2v) is 15.2. The standard InChI is InChI=1S/C40H43FN7O7Si/c1-53-40(52)33-17-28(49)20-48(33)38(50)19-43-39(51)26-7-8-32-31(16-26)44-36(47(32)21-35(56)34-11-14-54-34)22-46-12-9-25(10-13-46)30-3-2-4-37(45-30)55-23-27-6-5-24(18-42)15-29(27)41/h2-8,15-16,25,28,33-35,49H,9-14,17,19-23H2,1H3,(H,43,51)/t28-,33-,34?,35?/m0/s1. The predicted molar refractivity (Wildman–Crippen MR) is 201 cm³/mol. The van der Waals surface area contributed by atoms with Gasteiger partial charge in [-0.05, 0) is 74.3 Å². The number of pyridine rings is 1. The van der Waals surface area contributed by atoms with Gasteiger partial charge >= 0.3 is 5.97 Å². The van der Waals surface area contributed by atoms with Gasteiger partial charge in [-0.3, -0.25) is 14.5 Å². The molecule has 56 heavy (non-hydrogen) atoms. The number of rotatable bonds is 13. The highest BCUT2D eigenvalue weighted by Gasteiger charge is 2.39. The van der Waals surface area contributed by atoms with Crippen molar-refractivity contribution in [2.45, 2.75) is 75.1 Å². The number of esters is 1. The fourth-order valence-electron chi connectivity index (χ4n) is 7.55. The van der Waals surface area contributed by atoms with Crippen molar-refractivity contribution in [2.24, 2.45) is 0 Å². The maximum absolute atomic E-state index is 14.4. The molecule has 14 nitrogen and oxygen atoms in total. The van der Waals surface area contributed by atoms with Crippen LogP contribution in [0, 0.1) is 17.1 Å². The Hall–Kier alpha value is -5.21. The Bertz CT molecular complexity index is 2130. The Balaban J connectivity index is 0.997. The van der Waals surface area contributed by atoms with E-state index in [0.717, 1.165) is 56.0 Å². The Morgan fingerprint density at radius 1 is 1.12 bits per heavy atom. The zero-order chi connectivity index (χ0) is 39.3. The Morgan fingerprint density at radius 3 is 2.64 bits per heavy atom. The highest BCUT2D eigenvalue weighted by Crippen LogP contribution is 2.31. The number of halogens is 1. The molecule has 3 aliphatic heterocycles.